The van der Waals surface area contributed by atoms with E-state index in [4.69, 9.17) is 14.2 Å². The number of carbonyl (C=O) groups excluding carboxylic acids is 6. The van der Waals surface area contributed by atoms with Gasteiger partial charge in [0, 0.05) is 49.2 Å². The Morgan fingerprint density at radius 3 is 2.10 bits per heavy atom. The van der Waals surface area contributed by atoms with E-state index in [0.29, 0.717) is 29.1 Å². The lowest BCUT2D eigenvalue weighted by atomic mass is 9.85. The van der Waals surface area contributed by atoms with Crippen molar-refractivity contribution in [2.24, 2.45) is 5.41 Å². The molecule has 1 fully saturated rings. The number of carbonyl (C=O) groups is 6. The summed E-state index contributed by atoms with van der Waals surface area (Å²) in [6, 6.07) is 21.2. The summed E-state index contributed by atoms with van der Waals surface area (Å²) in [5.41, 5.74) is 6.37. The number of aromatic amines is 1. The molecule has 7 amide bonds. The number of aliphatic hydroxyl groups excluding tert-OH is 1. The number of H-pyrrole nitrogens is 1. The van der Waals surface area contributed by atoms with Crippen molar-refractivity contribution >= 4 is 52.7 Å². The van der Waals surface area contributed by atoms with Crippen LogP contribution in [0.25, 0.3) is 10.4 Å². The normalized spacial score (nSPS) is 16.9. The van der Waals surface area contributed by atoms with Gasteiger partial charge in [-0.25, -0.2) is 9.78 Å². The van der Waals surface area contributed by atoms with Crippen LogP contribution in [0.1, 0.15) is 115 Å². The maximum absolute atomic E-state index is 14.1. The van der Waals surface area contributed by atoms with Gasteiger partial charge in [-0.05, 0) is 88.2 Å². The zero-order valence-electron chi connectivity index (χ0n) is 47.2. The number of ether oxygens (including phenoxy) is 3. The molecular formula is C58H77N11O10S. The predicted octanol–water partition coefficient (Wildman–Crippen LogP) is 5.70. The summed E-state index contributed by atoms with van der Waals surface area (Å²) >= 11 is 1.57. The molecular weight excluding hydrogens is 1040 g/mol. The van der Waals surface area contributed by atoms with Gasteiger partial charge in [-0.2, -0.15) is 5.10 Å². The van der Waals surface area contributed by atoms with Gasteiger partial charge in [-0.3, -0.25) is 29.1 Å². The number of hydrogen-bond acceptors (Lipinski definition) is 14. The molecule has 5 atom stereocenters. The van der Waals surface area contributed by atoms with Gasteiger partial charge in [0.1, 0.15) is 12.1 Å². The Morgan fingerprint density at radius 2 is 1.48 bits per heavy atom. The van der Waals surface area contributed by atoms with Crippen LogP contribution in [0, 0.1) is 12.3 Å². The van der Waals surface area contributed by atoms with Crippen molar-refractivity contribution < 1.29 is 48.1 Å². The molecule has 7 N–H and O–H groups in total. The number of fused-ring (bicyclic) bond motifs is 1. The highest BCUT2D eigenvalue weighted by Crippen LogP contribution is 2.41. The fraction of sp³-hybridized carbons (Fsp3) is 0.483. The number of aromatic nitrogens is 3. The molecule has 3 aromatic carbocycles. The average Bonchev–Trinajstić information content (AvgIpc) is 4.24. The lowest BCUT2D eigenvalue weighted by Crippen LogP contribution is -2.58. The standard InChI is InChI=1S/C58H77N11O10S/c1-36(38-15-17-40(18-16-38)48-37(2)60-35-80-48)61-54(74)46-31-43(70)32-68(46)55(75)50(57(3,4)5)63-47(71)23-25-77-27-29-79-30-28-78-26-24-59-52(72)41-19-21-42(22-20-41)53(73)64-51-44-33-69(58(6,7)49(44)65-66-51)56(76)62-45(34-67(8)9)39-13-11-10-12-14-39/h10-22,35-36,43,45-46,50,70H,23-34H2,1-9H3,(H,59,72)(H,61,74)(H,62,76)(H,63,71)(H2,64,65,66,73)/t36-,43+,45+,46-,50+/m0/s1. The monoisotopic (exact) mass is 1120 g/mol. The first-order valence-corrected chi connectivity index (χ1v) is 27.9. The summed E-state index contributed by atoms with van der Waals surface area (Å²) in [5.74, 6) is -1.64. The van der Waals surface area contributed by atoms with Crippen LogP contribution in [0.2, 0.25) is 0 Å². The number of aliphatic hydroxyl groups is 1. The van der Waals surface area contributed by atoms with E-state index in [-0.39, 0.29) is 102 Å². The largest absolute Gasteiger partial charge is 0.391 e. The number of nitrogens with one attached hydrogen (secondary N) is 6. The predicted molar refractivity (Wildman–Crippen MR) is 304 cm³/mol. The molecule has 0 radical (unpaired) electrons. The maximum Gasteiger partial charge on any atom is 0.319 e. The van der Waals surface area contributed by atoms with E-state index in [1.807, 2.05) is 128 Å². The van der Waals surface area contributed by atoms with E-state index >= 15 is 0 Å². The van der Waals surface area contributed by atoms with Gasteiger partial charge >= 0.3 is 6.03 Å². The number of aryl methyl sites for hydroxylation is 1. The van der Waals surface area contributed by atoms with Gasteiger partial charge < -0.3 is 60.6 Å². The number of thiazole rings is 1. The number of likely N-dealkylation sites (N-methyl/N-ethyl adjacent to an activating group) is 1. The molecule has 2 aliphatic heterocycles. The summed E-state index contributed by atoms with van der Waals surface area (Å²) in [6.45, 7) is 15.6. The van der Waals surface area contributed by atoms with E-state index in [0.717, 1.165) is 33.0 Å². The first kappa shape index (κ1) is 60.6. The van der Waals surface area contributed by atoms with Crippen LogP contribution in [0.5, 0.6) is 0 Å². The lowest BCUT2D eigenvalue weighted by Gasteiger charge is -2.35. The zero-order chi connectivity index (χ0) is 57.7. The Morgan fingerprint density at radius 1 is 0.838 bits per heavy atom. The Balaban J connectivity index is 0.750. The summed E-state index contributed by atoms with van der Waals surface area (Å²) in [7, 11) is 3.92. The fourth-order valence-corrected chi connectivity index (χ4v) is 10.5. The SMILES string of the molecule is Cc1ncsc1-c1ccc([C@H](C)NC(=O)[C@@H]2C[C@@H](O)CN2C(=O)[C@@H](NC(=O)CCOCCOCCOCCNC(=O)c2ccc(C(=O)Nc3n[nH]c4c3CN(C(=O)N[C@H](CN(C)C)c3ccccc3)C4(C)C)cc2)C(C)(C)C)cc1. The number of likely N-dealkylation sites (tertiary alicyclic amines) is 1. The number of amides is 7. The third kappa shape index (κ3) is 15.6. The zero-order valence-corrected chi connectivity index (χ0v) is 48.0. The van der Waals surface area contributed by atoms with Crippen LogP contribution in [-0.4, -0.2) is 162 Å². The van der Waals surface area contributed by atoms with Crippen molar-refractivity contribution in [2.45, 2.75) is 104 Å². The topological polar surface area (TPSA) is 262 Å². The lowest BCUT2D eigenvalue weighted by molar-refractivity contribution is -0.144. The van der Waals surface area contributed by atoms with Gasteiger partial charge in [0.05, 0.1) is 91.7 Å². The van der Waals surface area contributed by atoms with E-state index in [1.165, 1.54) is 4.90 Å². The Labute approximate surface area is 471 Å². The molecule has 2 aromatic heterocycles. The van der Waals surface area contributed by atoms with Gasteiger partial charge in [-0.15, -0.1) is 11.3 Å². The van der Waals surface area contributed by atoms with Crippen LogP contribution < -0.4 is 26.6 Å². The van der Waals surface area contributed by atoms with E-state index < -0.39 is 46.9 Å². The van der Waals surface area contributed by atoms with Crippen molar-refractivity contribution in [3.63, 3.8) is 0 Å². The van der Waals surface area contributed by atoms with Crippen molar-refractivity contribution in [3.05, 3.63) is 124 Å². The summed E-state index contributed by atoms with van der Waals surface area (Å²) in [6.07, 6.45) is -0.822. The molecule has 0 spiro atoms. The fourth-order valence-electron chi connectivity index (χ4n) is 9.70. The Bertz CT molecular complexity index is 2910. The summed E-state index contributed by atoms with van der Waals surface area (Å²) < 4.78 is 16.8. The second-order valence-electron chi connectivity index (χ2n) is 22.0. The smallest absolute Gasteiger partial charge is 0.319 e. The second kappa shape index (κ2) is 27.4. The van der Waals surface area contributed by atoms with Crippen LogP contribution in [0.3, 0.4) is 0 Å². The minimum Gasteiger partial charge on any atom is -0.391 e. The van der Waals surface area contributed by atoms with Gasteiger partial charge in [-0.1, -0.05) is 75.4 Å². The Hall–Kier alpha value is -7.08. The van der Waals surface area contributed by atoms with Crippen molar-refractivity contribution in [2.75, 3.05) is 78.7 Å². The van der Waals surface area contributed by atoms with Crippen molar-refractivity contribution in [1.29, 1.82) is 0 Å². The minimum atomic E-state index is -0.964. The number of urea groups is 1. The molecule has 2 aliphatic rings. The van der Waals surface area contributed by atoms with Crippen molar-refractivity contribution in [1.82, 2.24) is 51.1 Å². The highest BCUT2D eigenvalue weighted by Gasteiger charge is 2.46. The number of anilines is 1. The van der Waals surface area contributed by atoms with Gasteiger partial charge in [0.15, 0.2) is 5.82 Å². The molecule has 0 unspecified atom stereocenters. The van der Waals surface area contributed by atoms with Gasteiger partial charge in [0.25, 0.3) is 11.8 Å². The highest BCUT2D eigenvalue weighted by molar-refractivity contribution is 7.13. The Kier molecular flexibility index (Phi) is 20.7. The number of nitrogens with zero attached hydrogens (tertiary/aromatic N) is 5. The molecule has 7 rings (SSSR count). The first-order chi connectivity index (χ1) is 38.1. The molecule has 0 saturated carbocycles. The van der Waals surface area contributed by atoms with E-state index in [1.54, 1.807) is 40.5 Å². The molecule has 1 saturated heterocycles. The average molecular weight is 1120 g/mol. The van der Waals surface area contributed by atoms with Crippen LogP contribution in [0.15, 0.2) is 84.4 Å². The van der Waals surface area contributed by atoms with Crippen LogP contribution in [0.4, 0.5) is 10.6 Å². The quantitative estimate of drug-likeness (QED) is 0.0347. The molecule has 80 heavy (non-hydrogen) atoms. The third-order valence-electron chi connectivity index (χ3n) is 14.2. The molecule has 22 heteroatoms. The molecule has 0 bridgehead atoms. The molecule has 0 aliphatic carbocycles. The maximum atomic E-state index is 14.1. The molecule has 430 valence electrons. The van der Waals surface area contributed by atoms with E-state index in [2.05, 4.69) is 41.8 Å². The number of β-amino-alcohol motifs (C(OH)–C–C–N with tert-alkyl or cyclic N) is 1. The van der Waals surface area contributed by atoms with Gasteiger partial charge in [0.2, 0.25) is 17.7 Å². The minimum absolute atomic E-state index is 0.0109. The first-order valence-electron chi connectivity index (χ1n) is 27.0. The number of hydrogen-bond donors (Lipinski definition) is 7. The van der Waals surface area contributed by atoms with Crippen LogP contribution in [-0.2, 0) is 40.7 Å². The third-order valence-corrected chi connectivity index (χ3v) is 15.2. The number of benzene rings is 3. The molecule has 4 heterocycles. The molecule has 21 nitrogen and oxygen atoms in total. The molecule has 5 aromatic rings. The number of rotatable bonds is 25. The van der Waals surface area contributed by atoms with E-state index in [9.17, 15) is 33.9 Å². The van der Waals surface area contributed by atoms with Crippen LogP contribution >= 0.6 is 11.3 Å². The summed E-state index contributed by atoms with van der Waals surface area (Å²) in [4.78, 5) is 91.4. The highest BCUT2D eigenvalue weighted by atomic mass is 32.1. The van der Waals surface area contributed by atoms with Crippen molar-refractivity contribution in [3.8, 4) is 10.4 Å². The second-order valence-corrected chi connectivity index (χ2v) is 22.9. The summed E-state index contributed by atoms with van der Waals surface area (Å²) in [5, 5.41) is 32.8.